The quantitative estimate of drug-likeness (QED) is 0.788. The molecular formula is C22H24N4O4. The molecule has 0 fully saturated rings. The van der Waals surface area contributed by atoms with Gasteiger partial charge in [-0.25, -0.2) is 0 Å². The number of para-hydroxylation sites is 1. The average Bonchev–Trinajstić information content (AvgIpc) is 3.23. The molecule has 2 aromatic rings. The summed E-state index contributed by atoms with van der Waals surface area (Å²) in [5, 5.41) is 5.99. The normalized spacial score (nSPS) is 17.4. The van der Waals surface area contributed by atoms with E-state index < -0.39 is 11.9 Å². The maximum absolute atomic E-state index is 13.2. The summed E-state index contributed by atoms with van der Waals surface area (Å²) in [6, 6.07) is 14.2. The maximum Gasteiger partial charge on any atom is 0.270 e. The Morgan fingerprint density at radius 3 is 2.57 bits per heavy atom. The van der Waals surface area contributed by atoms with Crippen molar-refractivity contribution < 1.29 is 19.1 Å². The highest BCUT2D eigenvalue weighted by Crippen LogP contribution is 2.31. The van der Waals surface area contributed by atoms with Crippen molar-refractivity contribution in [1.29, 1.82) is 0 Å². The van der Waals surface area contributed by atoms with Crippen LogP contribution in [0.4, 0.5) is 5.69 Å². The van der Waals surface area contributed by atoms with E-state index in [1.165, 1.54) is 5.01 Å². The third-order valence-electron chi connectivity index (χ3n) is 5.16. The van der Waals surface area contributed by atoms with Crippen LogP contribution in [0.3, 0.4) is 0 Å². The largest absolute Gasteiger partial charge is 0.486 e. The highest BCUT2D eigenvalue weighted by molar-refractivity contribution is 6.40. The summed E-state index contributed by atoms with van der Waals surface area (Å²) < 4.78 is 11.2. The molecule has 0 bridgehead atoms. The molecule has 0 aliphatic carbocycles. The van der Waals surface area contributed by atoms with E-state index in [0.29, 0.717) is 43.5 Å². The number of benzene rings is 2. The van der Waals surface area contributed by atoms with Crippen LogP contribution < -0.4 is 20.2 Å². The van der Waals surface area contributed by atoms with Gasteiger partial charge in [-0.1, -0.05) is 24.3 Å². The minimum Gasteiger partial charge on any atom is -0.486 e. The second kappa shape index (κ2) is 8.44. The number of carbonyl (C=O) groups excluding carboxylic acids is 2. The summed E-state index contributed by atoms with van der Waals surface area (Å²) in [6.07, 6.45) is 0.181. The first-order valence-electron chi connectivity index (χ1n) is 9.95. The molecule has 0 aromatic heterocycles. The maximum atomic E-state index is 13.2. The summed E-state index contributed by atoms with van der Waals surface area (Å²) in [7, 11) is 0. The lowest BCUT2D eigenvalue weighted by Gasteiger charge is -2.23. The monoisotopic (exact) mass is 408 g/mol. The molecule has 2 aliphatic heterocycles. The molecule has 0 spiro atoms. The van der Waals surface area contributed by atoms with Crippen LogP contribution in [-0.4, -0.2) is 48.2 Å². The van der Waals surface area contributed by atoms with Crippen LogP contribution in [0.2, 0.25) is 0 Å². The van der Waals surface area contributed by atoms with Crippen molar-refractivity contribution in [3.63, 3.8) is 0 Å². The minimum atomic E-state index is -0.681. The Hall–Kier alpha value is -3.55. The van der Waals surface area contributed by atoms with Crippen LogP contribution in [0.15, 0.2) is 53.6 Å². The summed E-state index contributed by atoms with van der Waals surface area (Å²) >= 11 is 0. The standard InChI is InChI=1S/C22H24N4O4/c1-2-25(14-15-8-9-19-20(12-15)30-11-10-29-19)22(28)17-13-18(21(23)27)26(24-17)16-6-4-3-5-7-16/h3-9,12,18H,2,10-11,13-14H2,1H3,(H2,23,27). The second-order valence-electron chi connectivity index (χ2n) is 7.15. The van der Waals surface area contributed by atoms with Crippen molar-refractivity contribution in [2.24, 2.45) is 10.8 Å². The topological polar surface area (TPSA) is 97.5 Å². The SMILES string of the molecule is CCN(Cc1ccc2c(c1)OCCO2)C(=O)C1=NN(c2ccccc2)C(C(N)=O)C1. The summed E-state index contributed by atoms with van der Waals surface area (Å²) in [4.78, 5) is 26.8. The van der Waals surface area contributed by atoms with Gasteiger partial charge in [-0.2, -0.15) is 5.10 Å². The van der Waals surface area contributed by atoms with Crippen molar-refractivity contribution in [2.45, 2.75) is 25.9 Å². The van der Waals surface area contributed by atoms with Gasteiger partial charge in [0.2, 0.25) is 5.91 Å². The fourth-order valence-electron chi connectivity index (χ4n) is 3.60. The lowest BCUT2D eigenvalue weighted by molar-refractivity contribution is -0.124. The molecule has 2 heterocycles. The van der Waals surface area contributed by atoms with E-state index in [9.17, 15) is 9.59 Å². The number of hydrazone groups is 1. The van der Waals surface area contributed by atoms with Gasteiger partial charge in [0.25, 0.3) is 5.91 Å². The lowest BCUT2D eigenvalue weighted by Crippen LogP contribution is -2.40. The highest BCUT2D eigenvalue weighted by atomic mass is 16.6. The van der Waals surface area contributed by atoms with Gasteiger partial charge in [0.1, 0.15) is 25.0 Å². The summed E-state index contributed by atoms with van der Waals surface area (Å²) in [5.41, 5.74) is 7.55. The molecule has 4 rings (SSSR count). The Kier molecular flexibility index (Phi) is 5.56. The van der Waals surface area contributed by atoms with E-state index in [4.69, 9.17) is 15.2 Å². The Morgan fingerprint density at radius 1 is 1.13 bits per heavy atom. The van der Waals surface area contributed by atoms with Gasteiger partial charge >= 0.3 is 0 Å². The number of nitrogens with two attached hydrogens (primary N) is 1. The molecule has 0 radical (unpaired) electrons. The van der Waals surface area contributed by atoms with E-state index in [0.717, 1.165) is 11.3 Å². The van der Waals surface area contributed by atoms with Crippen LogP contribution in [0.25, 0.3) is 0 Å². The molecule has 156 valence electrons. The van der Waals surface area contributed by atoms with Crippen LogP contribution >= 0.6 is 0 Å². The van der Waals surface area contributed by atoms with Crippen molar-refractivity contribution in [1.82, 2.24) is 4.90 Å². The van der Waals surface area contributed by atoms with Crippen molar-refractivity contribution >= 4 is 23.2 Å². The molecule has 30 heavy (non-hydrogen) atoms. The first kappa shape index (κ1) is 19.8. The fraction of sp³-hybridized carbons (Fsp3) is 0.318. The fourth-order valence-corrected chi connectivity index (χ4v) is 3.60. The van der Waals surface area contributed by atoms with Gasteiger partial charge in [-0.15, -0.1) is 0 Å². The molecule has 8 nitrogen and oxygen atoms in total. The first-order chi connectivity index (χ1) is 14.6. The van der Waals surface area contributed by atoms with Gasteiger partial charge in [0.05, 0.1) is 5.69 Å². The van der Waals surface area contributed by atoms with Gasteiger partial charge < -0.3 is 20.1 Å². The predicted molar refractivity (Wildman–Crippen MR) is 112 cm³/mol. The first-order valence-corrected chi connectivity index (χ1v) is 9.95. The number of primary amides is 1. The Bertz CT molecular complexity index is 976. The van der Waals surface area contributed by atoms with E-state index in [-0.39, 0.29) is 12.3 Å². The number of anilines is 1. The Balaban J connectivity index is 1.54. The van der Waals surface area contributed by atoms with Crippen molar-refractivity contribution in [3.05, 3.63) is 54.1 Å². The third-order valence-corrected chi connectivity index (χ3v) is 5.16. The third kappa shape index (κ3) is 3.94. The molecular weight excluding hydrogens is 384 g/mol. The van der Waals surface area contributed by atoms with Crippen LogP contribution in [0.5, 0.6) is 11.5 Å². The number of carbonyl (C=O) groups is 2. The van der Waals surface area contributed by atoms with Crippen molar-refractivity contribution in [2.75, 3.05) is 24.8 Å². The molecule has 1 atom stereocenters. The number of ether oxygens (including phenoxy) is 2. The van der Waals surface area contributed by atoms with Gasteiger partial charge in [0, 0.05) is 19.5 Å². The highest BCUT2D eigenvalue weighted by Gasteiger charge is 2.36. The van der Waals surface area contributed by atoms with Gasteiger partial charge in [0.15, 0.2) is 11.5 Å². The number of hydrogen-bond acceptors (Lipinski definition) is 6. The molecule has 2 aromatic carbocycles. The van der Waals surface area contributed by atoms with E-state index in [2.05, 4.69) is 5.10 Å². The summed E-state index contributed by atoms with van der Waals surface area (Å²) in [5.74, 6) is 0.671. The zero-order valence-electron chi connectivity index (χ0n) is 16.8. The van der Waals surface area contributed by atoms with Crippen molar-refractivity contribution in [3.8, 4) is 11.5 Å². The minimum absolute atomic E-state index is 0.181. The molecule has 2 amide bonds. The number of nitrogens with zero attached hydrogens (tertiary/aromatic N) is 3. The molecule has 2 aliphatic rings. The zero-order valence-corrected chi connectivity index (χ0v) is 16.8. The number of fused-ring (bicyclic) bond motifs is 1. The summed E-state index contributed by atoms with van der Waals surface area (Å²) in [6.45, 7) is 3.85. The Morgan fingerprint density at radius 2 is 1.87 bits per heavy atom. The lowest BCUT2D eigenvalue weighted by atomic mass is 10.1. The molecule has 8 heteroatoms. The van der Waals surface area contributed by atoms with Crippen LogP contribution in [0.1, 0.15) is 18.9 Å². The van der Waals surface area contributed by atoms with Crippen LogP contribution in [0, 0.1) is 0 Å². The van der Waals surface area contributed by atoms with Gasteiger partial charge in [-0.3, -0.25) is 14.6 Å². The van der Waals surface area contributed by atoms with E-state index in [1.54, 1.807) is 4.90 Å². The molecule has 0 saturated carbocycles. The Labute approximate surface area is 174 Å². The second-order valence-corrected chi connectivity index (χ2v) is 7.15. The number of rotatable bonds is 6. The van der Waals surface area contributed by atoms with E-state index in [1.807, 2.05) is 55.5 Å². The zero-order chi connectivity index (χ0) is 21.1. The number of hydrogen-bond donors (Lipinski definition) is 1. The van der Waals surface area contributed by atoms with E-state index >= 15 is 0 Å². The average molecular weight is 408 g/mol. The predicted octanol–water partition coefficient (Wildman–Crippen LogP) is 1.93. The molecule has 2 N–H and O–H groups in total. The number of amides is 2. The molecule has 1 unspecified atom stereocenters. The van der Waals surface area contributed by atoms with Crippen LogP contribution in [-0.2, 0) is 16.1 Å². The molecule has 0 saturated heterocycles. The smallest absolute Gasteiger partial charge is 0.270 e. The van der Waals surface area contributed by atoms with Gasteiger partial charge in [-0.05, 0) is 36.8 Å².